The third-order valence-electron chi connectivity index (χ3n) is 2.61. The molecule has 0 radical (unpaired) electrons. The molecule has 0 aliphatic rings. The predicted octanol–water partition coefficient (Wildman–Crippen LogP) is 0.0692. The van der Waals surface area contributed by atoms with Crippen LogP contribution in [0.15, 0.2) is 24.3 Å². The fraction of sp³-hybridized carbons (Fsp3) is 0.455. The molecule has 7 nitrogen and oxygen atoms in total. The summed E-state index contributed by atoms with van der Waals surface area (Å²) in [7, 11) is -1.37. The maximum atomic E-state index is 11.8. The molecule has 0 bridgehead atoms. The molecule has 2 atom stereocenters. The molecule has 0 aliphatic carbocycles. The highest BCUT2D eigenvalue weighted by Crippen LogP contribution is 2.23. The molecule has 108 valence electrons. The average Bonchev–Trinajstić information content (AvgIpc) is 2.36. The van der Waals surface area contributed by atoms with E-state index in [9.17, 15) is 18.7 Å². The highest BCUT2D eigenvalue weighted by Gasteiger charge is 2.24. The molecule has 8 heteroatoms. The molecular formula is C11H19N3O4S. The number of nitrogens with zero attached hydrogens (tertiary/aromatic N) is 2. The van der Waals surface area contributed by atoms with Crippen molar-refractivity contribution in [3.63, 3.8) is 0 Å². The fourth-order valence-corrected chi connectivity index (χ4v) is 2.11. The summed E-state index contributed by atoms with van der Waals surface area (Å²) in [5.41, 5.74) is 6.04. The Morgan fingerprint density at radius 2 is 1.89 bits per heavy atom. The van der Waals surface area contributed by atoms with E-state index in [1.54, 1.807) is 13.0 Å². The topological polar surface area (TPSA) is 107 Å². The maximum Gasteiger partial charge on any atom is 0.326 e. The summed E-state index contributed by atoms with van der Waals surface area (Å²) in [6.07, 6.45) is -0.935. The van der Waals surface area contributed by atoms with Gasteiger partial charge in [-0.05, 0) is 24.6 Å². The third kappa shape index (κ3) is 3.43. The summed E-state index contributed by atoms with van der Waals surface area (Å²) in [6.45, 7) is 1.63. The molecule has 0 heterocycles. The van der Waals surface area contributed by atoms with E-state index in [0.29, 0.717) is 5.56 Å². The Kier molecular flexibility index (Phi) is 4.88. The Morgan fingerprint density at radius 1 is 1.32 bits per heavy atom. The lowest BCUT2D eigenvalue weighted by atomic mass is 10.0. The van der Waals surface area contributed by atoms with Gasteiger partial charge in [0.15, 0.2) is 0 Å². The van der Waals surface area contributed by atoms with Gasteiger partial charge in [-0.3, -0.25) is 5.21 Å². The van der Waals surface area contributed by atoms with Crippen molar-refractivity contribution in [2.45, 2.75) is 19.1 Å². The molecule has 0 aromatic heterocycles. The number of hydrogen-bond donors (Lipinski definition) is 3. The van der Waals surface area contributed by atoms with Crippen molar-refractivity contribution < 1.29 is 18.7 Å². The Labute approximate surface area is 113 Å². The normalized spacial score (nSPS) is 15.3. The van der Waals surface area contributed by atoms with Crippen LogP contribution in [-0.2, 0) is 10.2 Å². The predicted molar refractivity (Wildman–Crippen MR) is 71.9 cm³/mol. The Bertz CT molecular complexity index is 530. The second kappa shape index (κ2) is 5.85. The van der Waals surface area contributed by atoms with Crippen molar-refractivity contribution in [1.29, 1.82) is 0 Å². The second-order valence-electron chi connectivity index (χ2n) is 4.43. The fourth-order valence-electron chi connectivity index (χ4n) is 1.42. The lowest BCUT2D eigenvalue weighted by Crippen LogP contribution is -2.38. The molecule has 0 spiro atoms. The number of anilines is 1. The first kappa shape index (κ1) is 15.9. The number of aliphatic hydroxyl groups excluding tert-OH is 1. The van der Waals surface area contributed by atoms with Gasteiger partial charge in [-0.1, -0.05) is 12.1 Å². The van der Waals surface area contributed by atoms with Crippen LogP contribution in [0.2, 0.25) is 0 Å². The molecule has 0 saturated heterocycles. The molecule has 0 saturated carbocycles. The molecule has 2 unspecified atom stereocenters. The zero-order valence-electron chi connectivity index (χ0n) is 11.1. The van der Waals surface area contributed by atoms with Crippen LogP contribution in [0, 0.1) is 0 Å². The van der Waals surface area contributed by atoms with Gasteiger partial charge < -0.3 is 10.8 Å². The van der Waals surface area contributed by atoms with Crippen molar-refractivity contribution in [3.05, 3.63) is 29.8 Å². The molecule has 1 aromatic carbocycles. The van der Waals surface area contributed by atoms with Crippen molar-refractivity contribution >= 4 is 15.9 Å². The lowest BCUT2D eigenvalue weighted by molar-refractivity contribution is 0.153. The molecule has 0 fully saturated rings. The van der Waals surface area contributed by atoms with E-state index in [-0.39, 0.29) is 10.2 Å². The number of hydrogen-bond acceptors (Lipinski definition) is 5. The highest BCUT2D eigenvalue weighted by molar-refractivity contribution is 7.90. The number of nitrogens with two attached hydrogens (primary N) is 1. The van der Waals surface area contributed by atoms with Crippen LogP contribution in [0.3, 0.4) is 0 Å². The molecule has 19 heavy (non-hydrogen) atoms. The molecule has 0 aliphatic heterocycles. The lowest BCUT2D eigenvalue weighted by Gasteiger charge is -2.22. The van der Waals surface area contributed by atoms with E-state index in [4.69, 9.17) is 5.73 Å². The van der Waals surface area contributed by atoms with Gasteiger partial charge in [-0.15, -0.1) is 4.47 Å². The van der Waals surface area contributed by atoms with Crippen LogP contribution in [0.4, 0.5) is 5.69 Å². The standard InChI is InChI=1S/C11H19N3O4S/c1-8(12)11(15)9-5-4-6-10(7-9)14(16)19(17,18)13(2)3/h4-8,11,15-16H,12H2,1-3H3. The van der Waals surface area contributed by atoms with Crippen LogP contribution in [0.1, 0.15) is 18.6 Å². The van der Waals surface area contributed by atoms with E-state index in [1.165, 1.54) is 32.3 Å². The quantitative estimate of drug-likeness (QED) is 0.665. The van der Waals surface area contributed by atoms with Crippen LogP contribution in [-0.4, -0.2) is 43.2 Å². The number of benzene rings is 1. The SMILES string of the molecule is CC(N)C(O)c1cccc(N(O)S(=O)(=O)N(C)C)c1. The minimum absolute atomic E-state index is 0.0332. The van der Waals surface area contributed by atoms with E-state index in [2.05, 4.69) is 0 Å². The summed E-state index contributed by atoms with van der Waals surface area (Å²) in [6, 6.07) is 5.42. The van der Waals surface area contributed by atoms with Crippen LogP contribution in [0.25, 0.3) is 0 Å². The first-order valence-corrected chi connectivity index (χ1v) is 7.03. The monoisotopic (exact) mass is 289 g/mol. The summed E-state index contributed by atoms with van der Waals surface area (Å²) < 4.78 is 24.6. The molecule has 1 rings (SSSR count). The zero-order valence-corrected chi connectivity index (χ0v) is 11.9. The first-order chi connectivity index (χ1) is 8.67. The van der Waals surface area contributed by atoms with Crippen molar-refractivity contribution in [2.24, 2.45) is 5.73 Å². The second-order valence-corrected chi connectivity index (χ2v) is 6.40. The first-order valence-electron chi connectivity index (χ1n) is 5.63. The van der Waals surface area contributed by atoms with E-state index >= 15 is 0 Å². The van der Waals surface area contributed by atoms with E-state index in [0.717, 1.165) is 4.31 Å². The van der Waals surface area contributed by atoms with Crippen molar-refractivity contribution in [1.82, 2.24) is 4.31 Å². The van der Waals surface area contributed by atoms with Crippen molar-refractivity contribution in [3.8, 4) is 0 Å². The minimum Gasteiger partial charge on any atom is -0.387 e. The molecule has 0 amide bonds. The highest BCUT2D eigenvalue weighted by atomic mass is 32.2. The van der Waals surface area contributed by atoms with Gasteiger partial charge in [0.05, 0.1) is 11.8 Å². The zero-order chi connectivity index (χ0) is 14.8. The van der Waals surface area contributed by atoms with Crippen LogP contribution in [0.5, 0.6) is 0 Å². The number of rotatable bonds is 5. The Balaban J connectivity index is 3.13. The molecule has 4 N–H and O–H groups in total. The summed E-state index contributed by atoms with van der Waals surface area (Å²) in [5.74, 6) is 0. The maximum absolute atomic E-state index is 11.8. The largest absolute Gasteiger partial charge is 0.387 e. The van der Waals surface area contributed by atoms with Gasteiger partial charge in [-0.2, -0.15) is 12.7 Å². The minimum atomic E-state index is -3.98. The summed E-state index contributed by atoms with van der Waals surface area (Å²) in [5, 5.41) is 19.6. The smallest absolute Gasteiger partial charge is 0.326 e. The van der Waals surface area contributed by atoms with Gasteiger partial charge in [-0.25, -0.2) is 0 Å². The van der Waals surface area contributed by atoms with Gasteiger partial charge >= 0.3 is 10.2 Å². The van der Waals surface area contributed by atoms with E-state index in [1.807, 2.05) is 0 Å². The van der Waals surface area contributed by atoms with Gasteiger partial charge in [0, 0.05) is 20.1 Å². The third-order valence-corrected chi connectivity index (χ3v) is 4.18. The summed E-state index contributed by atoms with van der Waals surface area (Å²) >= 11 is 0. The van der Waals surface area contributed by atoms with Crippen LogP contribution >= 0.6 is 0 Å². The van der Waals surface area contributed by atoms with Gasteiger partial charge in [0.25, 0.3) is 0 Å². The summed E-state index contributed by atoms with van der Waals surface area (Å²) in [4.78, 5) is 0. The van der Waals surface area contributed by atoms with E-state index < -0.39 is 22.4 Å². The Hall–Kier alpha value is -1.19. The Morgan fingerprint density at radius 3 is 2.37 bits per heavy atom. The average molecular weight is 289 g/mol. The van der Waals surface area contributed by atoms with Crippen molar-refractivity contribution in [2.75, 3.05) is 18.6 Å². The molecular weight excluding hydrogens is 270 g/mol. The van der Waals surface area contributed by atoms with Crippen LogP contribution < -0.4 is 10.2 Å². The van der Waals surface area contributed by atoms with Gasteiger partial charge in [0.2, 0.25) is 0 Å². The molecule has 1 aromatic rings. The van der Waals surface area contributed by atoms with Gasteiger partial charge in [0.1, 0.15) is 0 Å². The number of aliphatic hydroxyl groups is 1.